The summed E-state index contributed by atoms with van der Waals surface area (Å²) in [5.41, 5.74) is 1.66. The van der Waals surface area contributed by atoms with E-state index in [1.807, 2.05) is 5.38 Å². The SMILES string of the molecule is Cc1ccc(F)c(NC2CCCc3sccc32)c1F. The average molecular weight is 279 g/mol. The Labute approximate surface area is 115 Å². The molecule has 0 aliphatic heterocycles. The molecule has 2 aromatic rings. The van der Waals surface area contributed by atoms with Crippen molar-refractivity contribution in [2.75, 3.05) is 5.32 Å². The molecule has 0 saturated heterocycles. The third-order valence-electron chi connectivity index (χ3n) is 3.65. The molecule has 3 rings (SSSR count). The fourth-order valence-corrected chi connectivity index (χ4v) is 3.59. The monoisotopic (exact) mass is 279 g/mol. The van der Waals surface area contributed by atoms with E-state index in [1.54, 1.807) is 18.3 Å². The largest absolute Gasteiger partial charge is 0.373 e. The van der Waals surface area contributed by atoms with Gasteiger partial charge in [-0.05, 0) is 54.8 Å². The predicted molar refractivity (Wildman–Crippen MR) is 74.7 cm³/mol. The lowest BCUT2D eigenvalue weighted by Crippen LogP contribution is -2.17. The lowest BCUT2D eigenvalue weighted by atomic mass is 9.93. The van der Waals surface area contributed by atoms with E-state index >= 15 is 0 Å². The van der Waals surface area contributed by atoms with Crippen molar-refractivity contribution in [3.63, 3.8) is 0 Å². The standard InChI is InChI=1S/C15H15F2NS/c1-9-5-6-11(16)15(14(9)17)18-12-3-2-4-13-10(12)7-8-19-13/h5-8,12,18H,2-4H2,1H3. The zero-order chi connectivity index (χ0) is 13.4. The van der Waals surface area contributed by atoms with Crippen LogP contribution < -0.4 is 5.32 Å². The van der Waals surface area contributed by atoms with Crippen LogP contribution in [-0.4, -0.2) is 0 Å². The molecule has 1 aliphatic carbocycles. The summed E-state index contributed by atoms with van der Waals surface area (Å²) in [4.78, 5) is 1.33. The molecule has 1 aromatic heterocycles. The molecule has 0 saturated carbocycles. The third-order valence-corrected chi connectivity index (χ3v) is 4.65. The van der Waals surface area contributed by atoms with E-state index in [0.29, 0.717) is 5.56 Å². The van der Waals surface area contributed by atoms with Crippen molar-refractivity contribution in [1.29, 1.82) is 0 Å². The number of halogens is 2. The number of fused-ring (bicyclic) bond motifs is 1. The molecule has 4 heteroatoms. The Hall–Kier alpha value is -1.42. The first-order valence-corrected chi connectivity index (χ1v) is 7.32. The van der Waals surface area contributed by atoms with Gasteiger partial charge >= 0.3 is 0 Å². The van der Waals surface area contributed by atoms with Gasteiger partial charge in [-0.1, -0.05) is 6.07 Å². The molecule has 1 aromatic carbocycles. The van der Waals surface area contributed by atoms with Gasteiger partial charge in [-0.3, -0.25) is 0 Å². The summed E-state index contributed by atoms with van der Waals surface area (Å²) in [6, 6.07) is 4.86. The number of hydrogen-bond donors (Lipinski definition) is 1. The van der Waals surface area contributed by atoms with E-state index in [4.69, 9.17) is 0 Å². The van der Waals surface area contributed by atoms with Gasteiger partial charge in [0.1, 0.15) is 11.5 Å². The molecule has 1 unspecified atom stereocenters. The minimum atomic E-state index is -0.523. The number of aryl methyl sites for hydroxylation is 2. The molecular weight excluding hydrogens is 264 g/mol. The van der Waals surface area contributed by atoms with Crippen LogP contribution in [0.5, 0.6) is 0 Å². The van der Waals surface area contributed by atoms with E-state index in [2.05, 4.69) is 11.4 Å². The van der Waals surface area contributed by atoms with Crippen molar-refractivity contribution in [1.82, 2.24) is 0 Å². The molecule has 19 heavy (non-hydrogen) atoms. The predicted octanol–water partition coefficient (Wildman–Crippen LogP) is 4.82. The summed E-state index contributed by atoms with van der Waals surface area (Å²) in [6.45, 7) is 1.65. The topological polar surface area (TPSA) is 12.0 Å². The van der Waals surface area contributed by atoms with Crippen LogP contribution in [0.4, 0.5) is 14.5 Å². The molecule has 100 valence electrons. The number of benzene rings is 1. The Bertz CT molecular complexity index is 606. The lowest BCUT2D eigenvalue weighted by molar-refractivity contribution is 0.561. The van der Waals surface area contributed by atoms with E-state index in [-0.39, 0.29) is 11.7 Å². The van der Waals surface area contributed by atoms with Gasteiger partial charge in [-0.2, -0.15) is 0 Å². The molecule has 1 aliphatic rings. The minimum absolute atomic E-state index is 0.00375. The fraction of sp³-hybridized carbons (Fsp3) is 0.333. The van der Waals surface area contributed by atoms with Crippen LogP contribution in [0.2, 0.25) is 0 Å². The number of nitrogens with one attached hydrogen (secondary N) is 1. The Morgan fingerprint density at radius 1 is 1.26 bits per heavy atom. The highest BCUT2D eigenvalue weighted by atomic mass is 32.1. The second kappa shape index (κ2) is 4.93. The Morgan fingerprint density at radius 3 is 2.95 bits per heavy atom. The van der Waals surface area contributed by atoms with Crippen LogP contribution in [0.3, 0.4) is 0 Å². The summed E-state index contributed by atoms with van der Waals surface area (Å²) < 4.78 is 27.8. The molecule has 0 spiro atoms. The summed E-state index contributed by atoms with van der Waals surface area (Å²) in [7, 11) is 0. The molecular formula is C15H15F2NS. The van der Waals surface area contributed by atoms with Gasteiger partial charge in [0.15, 0.2) is 5.82 Å². The van der Waals surface area contributed by atoms with E-state index in [9.17, 15) is 8.78 Å². The first kappa shape index (κ1) is 12.6. The third kappa shape index (κ3) is 2.25. The van der Waals surface area contributed by atoms with Crippen LogP contribution in [0.25, 0.3) is 0 Å². The van der Waals surface area contributed by atoms with Gasteiger partial charge in [0.25, 0.3) is 0 Å². The minimum Gasteiger partial charge on any atom is -0.373 e. The molecule has 0 amide bonds. The smallest absolute Gasteiger partial charge is 0.152 e. The Balaban J connectivity index is 1.94. The summed E-state index contributed by atoms with van der Waals surface area (Å²) in [5, 5.41) is 5.11. The van der Waals surface area contributed by atoms with Crippen LogP contribution in [0.1, 0.15) is 34.9 Å². The molecule has 1 nitrogen and oxygen atoms in total. The summed E-state index contributed by atoms with van der Waals surface area (Å²) in [6.07, 6.45) is 3.04. The quantitative estimate of drug-likeness (QED) is 0.830. The van der Waals surface area contributed by atoms with Crippen LogP contribution >= 0.6 is 11.3 Å². The van der Waals surface area contributed by atoms with E-state index < -0.39 is 11.6 Å². The number of anilines is 1. The van der Waals surface area contributed by atoms with Crippen molar-refractivity contribution in [3.05, 3.63) is 51.2 Å². The van der Waals surface area contributed by atoms with E-state index in [0.717, 1.165) is 19.3 Å². The normalized spacial score (nSPS) is 18.2. The molecule has 1 heterocycles. The van der Waals surface area contributed by atoms with Crippen LogP contribution in [0.15, 0.2) is 23.6 Å². The lowest BCUT2D eigenvalue weighted by Gasteiger charge is -2.25. The average Bonchev–Trinajstić information content (AvgIpc) is 2.88. The highest BCUT2D eigenvalue weighted by Gasteiger charge is 2.23. The first-order valence-electron chi connectivity index (χ1n) is 6.44. The maximum Gasteiger partial charge on any atom is 0.152 e. The molecule has 0 bridgehead atoms. The zero-order valence-electron chi connectivity index (χ0n) is 10.7. The zero-order valence-corrected chi connectivity index (χ0v) is 11.5. The van der Waals surface area contributed by atoms with Crippen molar-refractivity contribution < 1.29 is 8.78 Å². The van der Waals surface area contributed by atoms with Gasteiger partial charge in [0, 0.05) is 4.88 Å². The molecule has 0 radical (unpaired) electrons. The van der Waals surface area contributed by atoms with Crippen molar-refractivity contribution in [3.8, 4) is 0 Å². The number of hydrogen-bond acceptors (Lipinski definition) is 2. The number of thiophene rings is 1. The van der Waals surface area contributed by atoms with Gasteiger partial charge in [0.05, 0.1) is 6.04 Å². The summed E-state index contributed by atoms with van der Waals surface area (Å²) in [5.74, 6) is -1.01. The molecule has 0 fully saturated rings. The van der Waals surface area contributed by atoms with Crippen molar-refractivity contribution in [2.45, 2.75) is 32.2 Å². The van der Waals surface area contributed by atoms with Crippen LogP contribution in [-0.2, 0) is 6.42 Å². The van der Waals surface area contributed by atoms with Gasteiger partial charge < -0.3 is 5.32 Å². The maximum absolute atomic E-state index is 14.0. The van der Waals surface area contributed by atoms with Gasteiger partial charge in [-0.15, -0.1) is 11.3 Å². The highest BCUT2D eigenvalue weighted by molar-refractivity contribution is 7.10. The highest BCUT2D eigenvalue weighted by Crippen LogP contribution is 2.36. The van der Waals surface area contributed by atoms with Gasteiger partial charge in [0.2, 0.25) is 0 Å². The molecule has 1 N–H and O–H groups in total. The van der Waals surface area contributed by atoms with Crippen LogP contribution in [0, 0.1) is 18.6 Å². The Morgan fingerprint density at radius 2 is 2.11 bits per heavy atom. The number of rotatable bonds is 2. The summed E-state index contributed by atoms with van der Waals surface area (Å²) >= 11 is 1.72. The Kier molecular flexibility index (Phi) is 3.27. The van der Waals surface area contributed by atoms with Crippen molar-refractivity contribution in [2.24, 2.45) is 0 Å². The second-order valence-electron chi connectivity index (χ2n) is 4.94. The van der Waals surface area contributed by atoms with Gasteiger partial charge in [-0.25, -0.2) is 8.78 Å². The fourth-order valence-electron chi connectivity index (χ4n) is 2.60. The first-order chi connectivity index (χ1) is 9.16. The molecule has 1 atom stereocenters. The second-order valence-corrected chi connectivity index (χ2v) is 5.94. The van der Waals surface area contributed by atoms with Crippen molar-refractivity contribution >= 4 is 17.0 Å². The van der Waals surface area contributed by atoms with E-state index in [1.165, 1.54) is 22.6 Å². The maximum atomic E-state index is 14.0.